The molecule has 0 radical (unpaired) electrons. The fraction of sp³-hybridized carbons (Fsp3) is 1.00. The summed E-state index contributed by atoms with van der Waals surface area (Å²) < 4.78 is 5.07. The summed E-state index contributed by atoms with van der Waals surface area (Å²) in [7, 11) is 0. The van der Waals surface area contributed by atoms with Crippen LogP contribution in [0.5, 0.6) is 0 Å². The minimum absolute atomic E-state index is 0.205. The van der Waals surface area contributed by atoms with Crippen LogP contribution in [0.1, 0.15) is 6.92 Å². The van der Waals surface area contributed by atoms with Gasteiger partial charge in [-0.1, -0.05) is 0 Å². The summed E-state index contributed by atoms with van der Waals surface area (Å²) in [6.45, 7) is 3.29. The fourth-order valence-electron chi connectivity index (χ4n) is 0.677. The topological polar surface area (TPSA) is 35.2 Å². The normalized spacial score (nSPS) is 47.6. The van der Waals surface area contributed by atoms with Gasteiger partial charge in [0.2, 0.25) is 0 Å². The molecular formula is C5H11NOS. The smallest absolute Gasteiger partial charge is 0.0655 e. The van der Waals surface area contributed by atoms with Crippen molar-refractivity contribution in [2.75, 3.05) is 13.2 Å². The maximum Gasteiger partial charge on any atom is 0.0655 e. The van der Waals surface area contributed by atoms with Gasteiger partial charge in [0.25, 0.3) is 0 Å². The van der Waals surface area contributed by atoms with Crippen LogP contribution >= 0.6 is 12.6 Å². The molecule has 1 rings (SSSR count). The average Bonchev–Trinajstić information content (AvgIpc) is 1.86. The largest absolute Gasteiger partial charge is 0.378 e. The highest BCUT2D eigenvalue weighted by Crippen LogP contribution is 2.19. The summed E-state index contributed by atoms with van der Waals surface area (Å²) in [4.78, 5) is 0. The van der Waals surface area contributed by atoms with Gasteiger partial charge in [-0.25, -0.2) is 0 Å². The molecule has 2 N–H and O–H groups in total. The molecule has 2 nitrogen and oxygen atoms in total. The maximum absolute atomic E-state index is 5.72. The van der Waals surface area contributed by atoms with Crippen LogP contribution in [0, 0.1) is 0 Å². The lowest BCUT2D eigenvalue weighted by molar-refractivity contribution is 0.182. The van der Waals surface area contributed by atoms with Gasteiger partial charge in [0.05, 0.1) is 18.8 Å². The van der Waals surface area contributed by atoms with Gasteiger partial charge in [-0.15, -0.1) is 0 Å². The number of ether oxygens (including phenoxy) is 1. The SMILES string of the molecule is CC1(N)COCC1S. The Hall–Kier alpha value is 0.270. The van der Waals surface area contributed by atoms with Gasteiger partial charge in [0.1, 0.15) is 0 Å². The molecule has 1 saturated heterocycles. The Bertz CT molecular complexity index is 94.4. The molecule has 1 aliphatic heterocycles. The van der Waals surface area contributed by atoms with Crippen LogP contribution in [0.3, 0.4) is 0 Å². The van der Waals surface area contributed by atoms with Crippen LogP contribution in [0.15, 0.2) is 0 Å². The Morgan fingerprint density at radius 1 is 1.88 bits per heavy atom. The van der Waals surface area contributed by atoms with Gasteiger partial charge in [0, 0.05) is 5.25 Å². The molecule has 0 saturated carbocycles. The van der Waals surface area contributed by atoms with Gasteiger partial charge in [-0.3, -0.25) is 0 Å². The van der Waals surface area contributed by atoms with Crippen LogP contribution in [0.4, 0.5) is 0 Å². The van der Waals surface area contributed by atoms with Crippen LogP contribution in [-0.2, 0) is 4.74 Å². The number of rotatable bonds is 0. The minimum atomic E-state index is -0.205. The Morgan fingerprint density at radius 2 is 2.50 bits per heavy atom. The van der Waals surface area contributed by atoms with Gasteiger partial charge >= 0.3 is 0 Å². The zero-order chi connectivity index (χ0) is 6.20. The monoisotopic (exact) mass is 133 g/mol. The van der Waals surface area contributed by atoms with Crippen molar-refractivity contribution in [3.05, 3.63) is 0 Å². The first kappa shape index (κ1) is 6.39. The summed E-state index contributed by atoms with van der Waals surface area (Å²) >= 11 is 4.22. The van der Waals surface area contributed by atoms with E-state index in [-0.39, 0.29) is 10.8 Å². The second-order valence-electron chi connectivity index (χ2n) is 2.54. The predicted molar refractivity (Wildman–Crippen MR) is 36.2 cm³/mol. The molecule has 0 amide bonds. The molecule has 3 heteroatoms. The van der Waals surface area contributed by atoms with Crippen LogP contribution in [0.25, 0.3) is 0 Å². The van der Waals surface area contributed by atoms with Crippen molar-refractivity contribution in [3.63, 3.8) is 0 Å². The van der Waals surface area contributed by atoms with Crippen LogP contribution in [0.2, 0.25) is 0 Å². The van der Waals surface area contributed by atoms with Gasteiger partial charge < -0.3 is 10.5 Å². The fourth-order valence-corrected chi connectivity index (χ4v) is 0.857. The van der Waals surface area contributed by atoms with Gasteiger partial charge in [-0.2, -0.15) is 12.6 Å². The molecule has 2 atom stereocenters. The highest BCUT2D eigenvalue weighted by Gasteiger charge is 2.33. The molecule has 0 aliphatic carbocycles. The number of thiol groups is 1. The van der Waals surface area contributed by atoms with Crippen molar-refractivity contribution in [1.29, 1.82) is 0 Å². The molecule has 1 heterocycles. The predicted octanol–water partition coefficient (Wildman–Crippen LogP) is 0.0324. The second kappa shape index (κ2) is 1.90. The van der Waals surface area contributed by atoms with E-state index in [0.717, 1.165) is 0 Å². The van der Waals surface area contributed by atoms with E-state index in [2.05, 4.69) is 12.6 Å². The van der Waals surface area contributed by atoms with Crippen molar-refractivity contribution in [1.82, 2.24) is 0 Å². The third-order valence-electron chi connectivity index (χ3n) is 1.45. The van der Waals surface area contributed by atoms with Crippen molar-refractivity contribution < 1.29 is 4.74 Å². The third-order valence-corrected chi connectivity index (χ3v) is 2.19. The lowest BCUT2D eigenvalue weighted by Gasteiger charge is -2.18. The number of nitrogens with two attached hydrogens (primary N) is 1. The standard InChI is InChI=1S/C5H11NOS/c1-5(6)3-7-2-4(5)8/h4,8H,2-3,6H2,1H3. The van der Waals surface area contributed by atoms with E-state index in [1.54, 1.807) is 0 Å². The summed E-state index contributed by atoms with van der Waals surface area (Å²) in [5.41, 5.74) is 5.51. The highest BCUT2D eigenvalue weighted by atomic mass is 32.1. The molecule has 0 aromatic rings. The van der Waals surface area contributed by atoms with E-state index in [1.165, 1.54) is 0 Å². The lowest BCUT2D eigenvalue weighted by atomic mass is 10.0. The van der Waals surface area contributed by atoms with E-state index in [0.29, 0.717) is 13.2 Å². The molecule has 0 spiro atoms. The van der Waals surface area contributed by atoms with Crippen molar-refractivity contribution in [2.45, 2.75) is 17.7 Å². The van der Waals surface area contributed by atoms with E-state index in [4.69, 9.17) is 10.5 Å². The Morgan fingerprint density at radius 3 is 2.62 bits per heavy atom. The van der Waals surface area contributed by atoms with E-state index < -0.39 is 0 Å². The molecule has 1 fully saturated rings. The van der Waals surface area contributed by atoms with Gasteiger partial charge in [-0.05, 0) is 6.92 Å². The quantitative estimate of drug-likeness (QED) is 0.457. The summed E-state index contributed by atoms with van der Waals surface area (Å²) in [6.07, 6.45) is 0. The van der Waals surface area contributed by atoms with Crippen molar-refractivity contribution in [3.8, 4) is 0 Å². The Balaban J connectivity index is 2.54. The first-order valence-corrected chi connectivity index (χ1v) is 3.19. The minimum Gasteiger partial charge on any atom is -0.378 e. The molecule has 48 valence electrons. The Labute approximate surface area is 54.8 Å². The van der Waals surface area contributed by atoms with Crippen LogP contribution < -0.4 is 5.73 Å². The summed E-state index contributed by atoms with van der Waals surface area (Å²) in [5.74, 6) is 0. The zero-order valence-corrected chi connectivity index (χ0v) is 5.82. The Kier molecular flexibility index (Phi) is 1.52. The second-order valence-corrected chi connectivity index (χ2v) is 3.16. The summed E-state index contributed by atoms with van der Waals surface area (Å²) in [5, 5.41) is 0.211. The van der Waals surface area contributed by atoms with Crippen LogP contribution in [-0.4, -0.2) is 24.0 Å². The summed E-state index contributed by atoms with van der Waals surface area (Å²) in [6, 6.07) is 0. The average molecular weight is 133 g/mol. The first-order valence-electron chi connectivity index (χ1n) is 2.67. The molecule has 2 unspecified atom stereocenters. The highest BCUT2D eigenvalue weighted by molar-refractivity contribution is 7.81. The molecule has 0 aromatic heterocycles. The number of hydrogen-bond donors (Lipinski definition) is 2. The molecule has 0 aromatic carbocycles. The molecule has 8 heavy (non-hydrogen) atoms. The van der Waals surface area contributed by atoms with Crippen molar-refractivity contribution >= 4 is 12.6 Å². The molecule has 1 aliphatic rings. The maximum atomic E-state index is 5.72. The van der Waals surface area contributed by atoms with E-state index in [9.17, 15) is 0 Å². The molecule has 0 bridgehead atoms. The van der Waals surface area contributed by atoms with Gasteiger partial charge in [0.15, 0.2) is 0 Å². The zero-order valence-electron chi connectivity index (χ0n) is 4.92. The first-order chi connectivity index (χ1) is 3.63. The lowest BCUT2D eigenvalue weighted by Crippen LogP contribution is -2.44. The van der Waals surface area contributed by atoms with E-state index in [1.807, 2.05) is 6.92 Å². The van der Waals surface area contributed by atoms with Crippen molar-refractivity contribution in [2.24, 2.45) is 5.73 Å². The van der Waals surface area contributed by atoms with E-state index >= 15 is 0 Å². The third kappa shape index (κ3) is 0.989. The molecular weight excluding hydrogens is 122 g/mol. The number of hydrogen-bond acceptors (Lipinski definition) is 3.